The van der Waals surface area contributed by atoms with E-state index in [-0.39, 0.29) is 0 Å². The van der Waals surface area contributed by atoms with Gasteiger partial charge in [0.1, 0.15) is 0 Å². The van der Waals surface area contributed by atoms with Gasteiger partial charge >= 0.3 is 0 Å². The molecule has 0 aromatic heterocycles. The zero-order valence-corrected chi connectivity index (χ0v) is 12.3. The van der Waals surface area contributed by atoms with Crippen molar-refractivity contribution in [3.05, 3.63) is 35.4 Å². The lowest BCUT2D eigenvalue weighted by Gasteiger charge is -2.20. The number of benzene rings is 1. The summed E-state index contributed by atoms with van der Waals surface area (Å²) in [6.07, 6.45) is 6.75. The van der Waals surface area contributed by atoms with Crippen molar-refractivity contribution in [2.45, 2.75) is 45.6 Å². The molecule has 0 radical (unpaired) electrons. The van der Waals surface area contributed by atoms with Gasteiger partial charge in [-0.1, -0.05) is 44.0 Å². The average molecular weight is 260 g/mol. The van der Waals surface area contributed by atoms with Crippen LogP contribution in [0, 0.1) is 0 Å². The summed E-state index contributed by atoms with van der Waals surface area (Å²) >= 11 is 0. The van der Waals surface area contributed by atoms with E-state index in [2.05, 4.69) is 41.4 Å². The lowest BCUT2D eigenvalue weighted by molar-refractivity contribution is 0.284. The average Bonchev–Trinajstić information content (AvgIpc) is 2.72. The van der Waals surface area contributed by atoms with Gasteiger partial charge in [0.05, 0.1) is 0 Å². The molecule has 2 heteroatoms. The number of aryl methyl sites for hydroxylation is 1. The first kappa shape index (κ1) is 14.5. The standard InChI is InChI=1S/C17H28N2/c1-2-16-9-5-6-10-17(16)15-18-11-14-19-12-7-3-4-8-13-19/h5-6,9-10,18H,2-4,7-8,11-15H2,1H3. The predicted octanol–water partition coefficient (Wildman–Crippen LogP) is 3.21. The van der Waals surface area contributed by atoms with E-state index < -0.39 is 0 Å². The van der Waals surface area contributed by atoms with Crippen molar-refractivity contribution in [3.8, 4) is 0 Å². The summed E-state index contributed by atoms with van der Waals surface area (Å²) < 4.78 is 0. The summed E-state index contributed by atoms with van der Waals surface area (Å²) in [6.45, 7) is 8.15. The van der Waals surface area contributed by atoms with Crippen molar-refractivity contribution >= 4 is 0 Å². The van der Waals surface area contributed by atoms with Gasteiger partial charge in [-0.15, -0.1) is 0 Å². The number of likely N-dealkylation sites (tertiary alicyclic amines) is 1. The van der Waals surface area contributed by atoms with Crippen LogP contribution in [0.1, 0.15) is 43.7 Å². The minimum absolute atomic E-state index is 1.01. The summed E-state index contributed by atoms with van der Waals surface area (Å²) in [7, 11) is 0. The zero-order valence-electron chi connectivity index (χ0n) is 12.3. The van der Waals surface area contributed by atoms with E-state index in [1.54, 1.807) is 0 Å². The molecule has 0 bridgehead atoms. The van der Waals surface area contributed by atoms with Crippen LogP contribution < -0.4 is 5.32 Å². The quantitative estimate of drug-likeness (QED) is 0.790. The molecular weight excluding hydrogens is 232 g/mol. The highest BCUT2D eigenvalue weighted by Crippen LogP contribution is 2.10. The van der Waals surface area contributed by atoms with E-state index in [0.29, 0.717) is 0 Å². The normalized spacial score (nSPS) is 17.3. The van der Waals surface area contributed by atoms with E-state index in [9.17, 15) is 0 Å². The molecule has 0 amide bonds. The van der Waals surface area contributed by atoms with Crippen molar-refractivity contribution < 1.29 is 0 Å². The van der Waals surface area contributed by atoms with Crippen LogP contribution in [-0.2, 0) is 13.0 Å². The van der Waals surface area contributed by atoms with Crippen LogP contribution in [0.2, 0.25) is 0 Å². The van der Waals surface area contributed by atoms with Crippen molar-refractivity contribution in [1.29, 1.82) is 0 Å². The fraction of sp³-hybridized carbons (Fsp3) is 0.647. The molecule has 0 atom stereocenters. The minimum Gasteiger partial charge on any atom is -0.311 e. The Bertz CT molecular complexity index is 354. The summed E-state index contributed by atoms with van der Waals surface area (Å²) in [4.78, 5) is 2.62. The van der Waals surface area contributed by atoms with Crippen molar-refractivity contribution in [1.82, 2.24) is 10.2 Å². The smallest absolute Gasteiger partial charge is 0.0208 e. The van der Waals surface area contributed by atoms with Gasteiger partial charge in [0.15, 0.2) is 0 Å². The first-order chi connectivity index (χ1) is 9.40. The highest BCUT2D eigenvalue weighted by molar-refractivity contribution is 5.26. The maximum absolute atomic E-state index is 3.60. The third-order valence-corrected chi connectivity index (χ3v) is 4.12. The summed E-state index contributed by atoms with van der Waals surface area (Å²) in [5.74, 6) is 0. The van der Waals surface area contributed by atoms with Gasteiger partial charge in [-0.3, -0.25) is 0 Å². The number of rotatable bonds is 6. The number of nitrogens with one attached hydrogen (secondary N) is 1. The molecule has 1 N–H and O–H groups in total. The van der Waals surface area contributed by atoms with Gasteiger partial charge in [0.25, 0.3) is 0 Å². The molecule has 1 aliphatic heterocycles. The third kappa shape index (κ3) is 4.96. The van der Waals surface area contributed by atoms with Crippen LogP contribution in [-0.4, -0.2) is 31.1 Å². The Morgan fingerprint density at radius 1 is 1.00 bits per heavy atom. The number of hydrogen-bond donors (Lipinski definition) is 1. The Hall–Kier alpha value is -0.860. The molecule has 1 fully saturated rings. The molecule has 19 heavy (non-hydrogen) atoms. The molecule has 2 rings (SSSR count). The van der Waals surface area contributed by atoms with Gasteiger partial charge in [-0.25, -0.2) is 0 Å². The van der Waals surface area contributed by atoms with Crippen molar-refractivity contribution in [3.63, 3.8) is 0 Å². The first-order valence-corrected chi connectivity index (χ1v) is 7.90. The van der Waals surface area contributed by atoms with Crippen LogP contribution in [0.5, 0.6) is 0 Å². The molecule has 1 aliphatic rings. The number of hydrogen-bond acceptors (Lipinski definition) is 2. The van der Waals surface area contributed by atoms with Crippen LogP contribution in [0.15, 0.2) is 24.3 Å². The summed E-state index contributed by atoms with van der Waals surface area (Å²) in [5.41, 5.74) is 2.94. The fourth-order valence-corrected chi connectivity index (χ4v) is 2.89. The molecule has 1 aromatic carbocycles. The molecule has 0 aliphatic carbocycles. The monoisotopic (exact) mass is 260 g/mol. The Morgan fingerprint density at radius 2 is 1.68 bits per heavy atom. The Labute approximate surface area is 118 Å². The molecule has 106 valence electrons. The van der Waals surface area contributed by atoms with Gasteiger partial charge in [-0.05, 0) is 43.5 Å². The van der Waals surface area contributed by atoms with Gasteiger partial charge in [-0.2, -0.15) is 0 Å². The maximum Gasteiger partial charge on any atom is 0.0208 e. The van der Waals surface area contributed by atoms with Crippen LogP contribution >= 0.6 is 0 Å². The van der Waals surface area contributed by atoms with E-state index in [1.165, 1.54) is 56.4 Å². The second-order valence-corrected chi connectivity index (χ2v) is 5.55. The first-order valence-electron chi connectivity index (χ1n) is 7.90. The van der Waals surface area contributed by atoms with Gasteiger partial charge in [0.2, 0.25) is 0 Å². The summed E-state index contributed by atoms with van der Waals surface area (Å²) in [6, 6.07) is 8.77. The molecule has 0 spiro atoms. The lowest BCUT2D eigenvalue weighted by atomic mass is 10.1. The lowest BCUT2D eigenvalue weighted by Crippen LogP contribution is -2.32. The van der Waals surface area contributed by atoms with Gasteiger partial charge < -0.3 is 10.2 Å². The van der Waals surface area contributed by atoms with Crippen molar-refractivity contribution in [2.24, 2.45) is 0 Å². The SMILES string of the molecule is CCc1ccccc1CNCCN1CCCCCC1. The summed E-state index contributed by atoms with van der Waals surface area (Å²) in [5, 5.41) is 3.60. The van der Waals surface area contributed by atoms with Crippen LogP contribution in [0.4, 0.5) is 0 Å². The predicted molar refractivity (Wildman–Crippen MR) is 82.4 cm³/mol. The maximum atomic E-state index is 3.60. The second kappa shape index (κ2) is 8.34. The van der Waals surface area contributed by atoms with E-state index >= 15 is 0 Å². The van der Waals surface area contributed by atoms with Gasteiger partial charge in [0, 0.05) is 19.6 Å². The molecule has 1 heterocycles. The Kier molecular flexibility index (Phi) is 6.38. The molecule has 0 saturated carbocycles. The third-order valence-electron chi connectivity index (χ3n) is 4.12. The van der Waals surface area contributed by atoms with Crippen LogP contribution in [0.3, 0.4) is 0 Å². The zero-order chi connectivity index (χ0) is 13.3. The molecule has 1 aromatic rings. The fourth-order valence-electron chi connectivity index (χ4n) is 2.89. The Morgan fingerprint density at radius 3 is 2.37 bits per heavy atom. The topological polar surface area (TPSA) is 15.3 Å². The molecular formula is C17H28N2. The largest absolute Gasteiger partial charge is 0.311 e. The van der Waals surface area contributed by atoms with Crippen LogP contribution in [0.25, 0.3) is 0 Å². The molecule has 2 nitrogen and oxygen atoms in total. The van der Waals surface area contributed by atoms with E-state index in [1.807, 2.05) is 0 Å². The Balaban J connectivity index is 1.68. The number of nitrogens with zero attached hydrogens (tertiary/aromatic N) is 1. The highest BCUT2D eigenvalue weighted by Gasteiger charge is 2.08. The van der Waals surface area contributed by atoms with E-state index in [0.717, 1.165) is 19.5 Å². The molecule has 1 saturated heterocycles. The minimum atomic E-state index is 1.01. The van der Waals surface area contributed by atoms with E-state index in [4.69, 9.17) is 0 Å². The molecule has 0 unspecified atom stereocenters. The second-order valence-electron chi connectivity index (χ2n) is 5.55. The highest BCUT2D eigenvalue weighted by atomic mass is 15.1. The van der Waals surface area contributed by atoms with Crippen molar-refractivity contribution in [2.75, 3.05) is 26.2 Å².